The van der Waals surface area contributed by atoms with Crippen molar-refractivity contribution in [1.29, 1.82) is 0 Å². The van der Waals surface area contributed by atoms with E-state index in [-0.39, 0.29) is 0 Å². The average molecular weight is 261 g/mol. The summed E-state index contributed by atoms with van der Waals surface area (Å²) in [6.07, 6.45) is 10.2. The number of hydrogen-bond acceptors (Lipinski definition) is 3. The lowest BCUT2D eigenvalue weighted by molar-refractivity contribution is 0.843. The summed E-state index contributed by atoms with van der Waals surface area (Å²) in [7, 11) is 0. The Bertz CT molecular complexity index is 454. The molecule has 1 heterocycles. The number of nitrogens with one attached hydrogen (secondary N) is 1. The van der Waals surface area contributed by atoms with Crippen molar-refractivity contribution in [3.8, 4) is 5.69 Å². The monoisotopic (exact) mass is 261 g/mol. The summed E-state index contributed by atoms with van der Waals surface area (Å²) in [5, 5.41) is 3.46. The minimum absolute atomic E-state index is 1.04. The standard InChI is InChI=1S/C14H19N3S/c1-18-10-3-2-7-16-13-5-4-6-14(11-13)17-9-8-15-12-17/h4-6,8-9,11-12,16H,2-3,7,10H2,1H3. The second-order valence-electron chi connectivity index (χ2n) is 4.15. The Morgan fingerprint density at radius 2 is 2.28 bits per heavy atom. The molecular formula is C14H19N3S. The number of rotatable bonds is 7. The second kappa shape index (κ2) is 7.11. The van der Waals surface area contributed by atoms with Crippen molar-refractivity contribution in [2.75, 3.05) is 23.9 Å². The van der Waals surface area contributed by atoms with Gasteiger partial charge in [0.1, 0.15) is 0 Å². The van der Waals surface area contributed by atoms with Gasteiger partial charge in [-0.05, 0) is 43.0 Å². The first-order valence-electron chi connectivity index (χ1n) is 6.21. The molecule has 1 aromatic carbocycles. The summed E-state index contributed by atoms with van der Waals surface area (Å²) in [5.74, 6) is 1.25. The number of imidazole rings is 1. The first-order valence-corrected chi connectivity index (χ1v) is 7.61. The van der Waals surface area contributed by atoms with Crippen molar-refractivity contribution >= 4 is 17.4 Å². The predicted octanol–water partition coefficient (Wildman–Crippen LogP) is 3.43. The van der Waals surface area contributed by atoms with Crippen LogP contribution in [0.2, 0.25) is 0 Å². The first kappa shape index (κ1) is 13.0. The summed E-state index contributed by atoms with van der Waals surface area (Å²) in [6, 6.07) is 8.41. The molecule has 1 aromatic heterocycles. The van der Waals surface area contributed by atoms with E-state index >= 15 is 0 Å². The Kier molecular flexibility index (Phi) is 5.15. The molecule has 0 radical (unpaired) electrons. The molecule has 2 aromatic rings. The summed E-state index contributed by atoms with van der Waals surface area (Å²) in [4.78, 5) is 4.06. The van der Waals surface area contributed by atoms with Gasteiger partial charge in [-0.15, -0.1) is 0 Å². The van der Waals surface area contributed by atoms with Gasteiger partial charge < -0.3 is 9.88 Å². The molecule has 0 saturated carbocycles. The minimum Gasteiger partial charge on any atom is -0.385 e. The van der Waals surface area contributed by atoms with Gasteiger partial charge in [-0.25, -0.2) is 4.98 Å². The van der Waals surface area contributed by atoms with Gasteiger partial charge in [0.2, 0.25) is 0 Å². The zero-order chi connectivity index (χ0) is 12.6. The number of unbranched alkanes of at least 4 members (excludes halogenated alkanes) is 1. The van der Waals surface area contributed by atoms with Crippen molar-refractivity contribution in [3.05, 3.63) is 43.0 Å². The molecule has 0 amide bonds. The fraction of sp³-hybridized carbons (Fsp3) is 0.357. The molecule has 0 fully saturated rings. The SMILES string of the molecule is CSCCCCNc1cccc(-n2ccnc2)c1. The summed E-state index contributed by atoms with van der Waals surface area (Å²) < 4.78 is 2.01. The lowest BCUT2D eigenvalue weighted by atomic mass is 10.2. The van der Waals surface area contributed by atoms with Crippen molar-refractivity contribution in [2.24, 2.45) is 0 Å². The van der Waals surface area contributed by atoms with Crippen LogP contribution in [0.5, 0.6) is 0 Å². The highest BCUT2D eigenvalue weighted by Gasteiger charge is 1.97. The van der Waals surface area contributed by atoms with Crippen LogP contribution in [0.1, 0.15) is 12.8 Å². The highest BCUT2D eigenvalue weighted by Crippen LogP contribution is 2.14. The quantitative estimate of drug-likeness (QED) is 0.774. The van der Waals surface area contributed by atoms with Crippen LogP contribution in [0.3, 0.4) is 0 Å². The van der Waals surface area contributed by atoms with E-state index in [1.807, 2.05) is 28.9 Å². The van der Waals surface area contributed by atoms with E-state index in [9.17, 15) is 0 Å². The molecule has 4 heteroatoms. The van der Waals surface area contributed by atoms with Gasteiger partial charge in [0.25, 0.3) is 0 Å². The average Bonchev–Trinajstić information content (AvgIpc) is 2.93. The van der Waals surface area contributed by atoms with E-state index < -0.39 is 0 Å². The van der Waals surface area contributed by atoms with Crippen molar-refractivity contribution < 1.29 is 0 Å². The fourth-order valence-electron chi connectivity index (χ4n) is 1.79. The highest BCUT2D eigenvalue weighted by molar-refractivity contribution is 7.98. The lowest BCUT2D eigenvalue weighted by Crippen LogP contribution is -2.02. The Morgan fingerprint density at radius 1 is 1.33 bits per heavy atom. The van der Waals surface area contributed by atoms with Gasteiger partial charge in [0.15, 0.2) is 0 Å². The molecule has 1 N–H and O–H groups in total. The molecule has 0 unspecified atom stereocenters. The van der Waals surface area contributed by atoms with Gasteiger partial charge in [-0.2, -0.15) is 11.8 Å². The maximum atomic E-state index is 4.06. The number of anilines is 1. The van der Waals surface area contributed by atoms with E-state index in [0.717, 1.165) is 12.2 Å². The normalized spacial score (nSPS) is 10.5. The molecular weight excluding hydrogens is 242 g/mol. The molecule has 0 saturated heterocycles. The van der Waals surface area contributed by atoms with Gasteiger partial charge in [0.05, 0.1) is 6.33 Å². The molecule has 2 rings (SSSR count). The van der Waals surface area contributed by atoms with Crippen LogP contribution >= 0.6 is 11.8 Å². The summed E-state index contributed by atoms with van der Waals surface area (Å²) >= 11 is 1.91. The third kappa shape index (κ3) is 3.81. The van der Waals surface area contributed by atoms with Crippen LogP contribution in [-0.4, -0.2) is 28.1 Å². The molecule has 0 bridgehead atoms. The molecule has 18 heavy (non-hydrogen) atoms. The van der Waals surface area contributed by atoms with Crippen LogP contribution in [0.4, 0.5) is 5.69 Å². The molecule has 0 aliphatic heterocycles. The second-order valence-corrected chi connectivity index (χ2v) is 5.13. The van der Waals surface area contributed by atoms with Crippen LogP contribution in [-0.2, 0) is 0 Å². The van der Waals surface area contributed by atoms with Gasteiger partial charge in [-0.1, -0.05) is 6.07 Å². The largest absolute Gasteiger partial charge is 0.385 e. The zero-order valence-corrected chi connectivity index (χ0v) is 11.5. The van der Waals surface area contributed by atoms with Crippen molar-refractivity contribution in [1.82, 2.24) is 9.55 Å². The third-order valence-electron chi connectivity index (χ3n) is 2.75. The van der Waals surface area contributed by atoms with Gasteiger partial charge >= 0.3 is 0 Å². The van der Waals surface area contributed by atoms with Crippen LogP contribution in [0.25, 0.3) is 5.69 Å². The van der Waals surface area contributed by atoms with Gasteiger partial charge in [-0.3, -0.25) is 0 Å². The van der Waals surface area contributed by atoms with Crippen LogP contribution in [0, 0.1) is 0 Å². The maximum absolute atomic E-state index is 4.06. The number of nitrogens with zero attached hydrogens (tertiary/aromatic N) is 2. The Hall–Kier alpha value is -1.42. The minimum atomic E-state index is 1.04. The molecule has 96 valence electrons. The van der Waals surface area contributed by atoms with Crippen LogP contribution < -0.4 is 5.32 Å². The maximum Gasteiger partial charge on any atom is 0.0991 e. The Labute approximate surface area is 113 Å². The third-order valence-corrected chi connectivity index (χ3v) is 3.45. The van der Waals surface area contributed by atoms with E-state index in [2.05, 4.69) is 40.8 Å². The zero-order valence-electron chi connectivity index (χ0n) is 10.7. The highest BCUT2D eigenvalue weighted by atomic mass is 32.2. The number of benzene rings is 1. The number of thioether (sulfide) groups is 1. The topological polar surface area (TPSA) is 29.9 Å². The lowest BCUT2D eigenvalue weighted by Gasteiger charge is -2.08. The van der Waals surface area contributed by atoms with Crippen molar-refractivity contribution in [2.45, 2.75) is 12.8 Å². The summed E-state index contributed by atoms with van der Waals surface area (Å²) in [6.45, 7) is 1.04. The molecule has 0 aliphatic carbocycles. The van der Waals surface area contributed by atoms with Crippen molar-refractivity contribution in [3.63, 3.8) is 0 Å². The van der Waals surface area contributed by atoms with E-state index in [1.54, 1.807) is 6.20 Å². The first-order chi connectivity index (χ1) is 8.90. The molecule has 3 nitrogen and oxygen atoms in total. The Morgan fingerprint density at radius 3 is 3.06 bits per heavy atom. The van der Waals surface area contributed by atoms with E-state index in [0.29, 0.717) is 0 Å². The Balaban J connectivity index is 1.88. The molecule has 0 aliphatic rings. The fourth-order valence-corrected chi connectivity index (χ4v) is 2.29. The molecule has 0 spiro atoms. The predicted molar refractivity (Wildman–Crippen MR) is 79.7 cm³/mol. The number of hydrogen-bond donors (Lipinski definition) is 1. The number of aromatic nitrogens is 2. The molecule has 0 atom stereocenters. The summed E-state index contributed by atoms with van der Waals surface area (Å²) in [5.41, 5.74) is 2.31. The van der Waals surface area contributed by atoms with Crippen LogP contribution in [0.15, 0.2) is 43.0 Å². The van der Waals surface area contributed by atoms with E-state index in [1.165, 1.54) is 24.3 Å². The van der Waals surface area contributed by atoms with Gasteiger partial charge in [0, 0.05) is 30.3 Å². The smallest absolute Gasteiger partial charge is 0.0991 e. The van der Waals surface area contributed by atoms with E-state index in [4.69, 9.17) is 0 Å².